The second kappa shape index (κ2) is 6.72. The van der Waals surface area contributed by atoms with E-state index in [-0.39, 0.29) is 0 Å². The first-order chi connectivity index (χ1) is 11.8. The first-order valence-electron chi connectivity index (χ1n) is 8.53. The van der Waals surface area contributed by atoms with E-state index < -0.39 is 0 Å². The Morgan fingerprint density at radius 1 is 1.12 bits per heavy atom. The van der Waals surface area contributed by atoms with Gasteiger partial charge in [-0.2, -0.15) is 5.26 Å². The van der Waals surface area contributed by atoms with E-state index in [1.165, 1.54) is 29.0 Å². The van der Waals surface area contributed by atoms with Crippen molar-refractivity contribution in [1.82, 2.24) is 4.98 Å². The molecular formula is C20H20N3S+. The SMILES string of the molecule is N#Cc1ccccc1C[NH+]1CCCC[C@H]1c1nc2ccccc2s1. The Labute approximate surface area is 146 Å². The van der Waals surface area contributed by atoms with E-state index in [0.29, 0.717) is 6.04 Å². The van der Waals surface area contributed by atoms with Crippen LogP contribution in [0.15, 0.2) is 48.5 Å². The summed E-state index contributed by atoms with van der Waals surface area (Å²) in [6.07, 6.45) is 3.71. The van der Waals surface area contributed by atoms with Crippen LogP contribution in [0.25, 0.3) is 10.2 Å². The van der Waals surface area contributed by atoms with Crippen molar-refractivity contribution in [2.45, 2.75) is 31.8 Å². The lowest BCUT2D eigenvalue weighted by molar-refractivity contribution is -0.950. The van der Waals surface area contributed by atoms with Crippen LogP contribution >= 0.6 is 11.3 Å². The lowest BCUT2D eigenvalue weighted by Gasteiger charge is -2.31. The van der Waals surface area contributed by atoms with Crippen LogP contribution in [0.2, 0.25) is 0 Å². The summed E-state index contributed by atoms with van der Waals surface area (Å²) in [7, 11) is 0. The van der Waals surface area contributed by atoms with Crippen LogP contribution < -0.4 is 4.90 Å². The van der Waals surface area contributed by atoms with Crippen molar-refractivity contribution < 1.29 is 4.90 Å². The Morgan fingerprint density at radius 2 is 1.96 bits per heavy atom. The normalized spacial score (nSPS) is 20.8. The number of para-hydroxylation sites is 1. The largest absolute Gasteiger partial charge is 0.323 e. The highest BCUT2D eigenvalue weighted by Crippen LogP contribution is 2.28. The standard InChI is InChI=1S/C20H19N3S/c21-13-15-7-1-2-8-16(15)14-23-12-6-5-10-18(23)20-22-17-9-3-4-11-19(17)24-20/h1-4,7-9,11,18H,5-6,10,12,14H2/p+1/t18-/m0/s1. The third-order valence-electron chi connectivity index (χ3n) is 4.90. The van der Waals surface area contributed by atoms with Crippen molar-refractivity contribution in [3.05, 3.63) is 64.7 Å². The molecule has 1 aromatic heterocycles. The van der Waals surface area contributed by atoms with Gasteiger partial charge in [-0.15, -0.1) is 11.3 Å². The topological polar surface area (TPSA) is 41.1 Å². The van der Waals surface area contributed by atoms with Crippen LogP contribution in [0.3, 0.4) is 0 Å². The number of benzene rings is 2. The van der Waals surface area contributed by atoms with Gasteiger partial charge in [-0.3, -0.25) is 0 Å². The summed E-state index contributed by atoms with van der Waals surface area (Å²) in [5.41, 5.74) is 3.07. The lowest BCUT2D eigenvalue weighted by atomic mass is 10.0. The molecular weight excluding hydrogens is 314 g/mol. The number of quaternary nitrogens is 1. The molecule has 0 bridgehead atoms. The minimum absolute atomic E-state index is 0.447. The number of rotatable bonds is 3. The fourth-order valence-corrected chi connectivity index (χ4v) is 4.82. The first kappa shape index (κ1) is 15.3. The van der Waals surface area contributed by atoms with E-state index in [4.69, 9.17) is 4.98 Å². The van der Waals surface area contributed by atoms with Crippen LogP contribution in [-0.2, 0) is 6.54 Å². The van der Waals surface area contributed by atoms with Gasteiger partial charge < -0.3 is 4.90 Å². The summed E-state index contributed by atoms with van der Waals surface area (Å²) in [5, 5.41) is 10.6. The zero-order valence-corrected chi connectivity index (χ0v) is 14.4. The number of thiazole rings is 1. The van der Waals surface area contributed by atoms with E-state index in [1.807, 2.05) is 29.5 Å². The summed E-state index contributed by atoms with van der Waals surface area (Å²) in [6.45, 7) is 2.06. The molecule has 4 rings (SSSR count). The van der Waals surface area contributed by atoms with Gasteiger partial charge in [-0.25, -0.2) is 4.98 Å². The molecule has 3 aromatic rings. The van der Waals surface area contributed by atoms with Crippen molar-refractivity contribution in [2.75, 3.05) is 6.54 Å². The maximum Gasteiger partial charge on any atom is 0.151 e. The fourth-order valence-electron chi connectivity index (χ4n) is 3.66. The molecule has 1 unspecified atom stereocenters. The molecule has 1 N–H and O–H groups in total. The molecule has 0 aliphatic carbocycles. The molecule has 1 aliphatic heterocycles. The molecule has 0 amide bonds. The maximum absolute atomic E-state index is 9.36. The molecule has 1 fully saturated rings. The van der Waals surface area contributed by atoms with Crippen LogP contribution in [0, 0.1) is 11.3 Å². The monoisotopic (exact) mass is 334 g/mol. The van der Waals surface area contributed by atoms with Crippen molar-refractivity contribution in [3.8, 4) is 6.07 Å². The third-order valence-corrected chi connectivity index (χ3v) is 6.05. The summed E-state index contributed by atoms with van der Waals surface area (Å²) in [6, 6.07) is 19.2. The Balaban J connectivity index is 1.64. The summed E-state index contributed by atoms with van der Waals surface area (Å²) < 4.78 is 1.27. The second-order valence-corrected chi connectivity index (χ2v) is 7.48. The van der Waals surface area contributed by atoms with E-state index in [9.17, 15) is 5.26 Å². The van der Waals surface area contributed by atoms with Gasteiger partial charge in [0.05, 0.1) is 28.4 Å². The predicted molar refractivity (Wildman–Crippen MR) is 96.9 cm³/mol. The molecule has 2 atom stereocenters. The summed E-state index contributed by atoms with van der Waals surface area (Å²) >= 11 is 1.83. The van der Waals surface area contributed by atoms with Gasteiger partial charge in [0.2, 0.25) is 0 Å². The number of nitrogens with one attached hydrogen (secondary N) is 1. The molecule has 0 radical (unpaired) electrons. The highest BCUT2D eigenvalue weighted by atomic mass is 32.1. The van der Waals surface area contributed by atoms with Gasteiger partial charge >= 0.3 is 0 Å². The molecule has 1 aliphatic rings. The number of piperidine rings is 1. The van der Waals surface area contributed by atoms with Gasteiger partial charge in [-0.1, -0.05) is 30.3 Å². The fraction of sp³-hybridized carbons (Fsp3) is 0.300. The Bertz CT molecular complexity index is 860. The number of hydrogen-bond acceptors (Lipinski definition) is 3. The number of hydrogen-bond donors (Lipinski definition) is 1. The zero-order chi connectivity index (χ0) is 16.4. The quantitative estimate of drug-likeness (QED) is 0.797. The second-order valence-electron chi connectivity index (χ2n) is 6.42. The van der Waals surface area contributed by atoms with Crippen LogP contribution in [0.1, 0.15) is 41.4 Å². The van der Waals surface area contributed by atoms with E-state index >= 15 is 0 Å². The van der Waals surface area contributed by atoms with Crippen molar-refractivity contribution in [3.63, 3.8) is 0 Å². The molecule has 120 valence electrons. The molecule has 24 heavy (non-hydrogen) atoms. The Morgan fingerprint density at radius 3 is 2.83 bits per heavy atom. The highest BCUT2D eigenvalue weighted by molar-refractivity contribution is 7.18. The van der Waals surface area contributed by atoms with E-state index in [1.54, 1.807) is 4.90 Å². The molecule has 4 heteroatoms. The Hall–Kier alpha value is -2.22. The summed E-state index contributed by atoms with van der Waals surface area (Å²) in [4.78, 5) is 6.45. The predicted octanol–water partition coefficient (Wildman–Crippen LogP) is 3.48. The Kier molecular flexibility index (Phi) is 4.29. The van der Waals surface area contributed by atoms with Gasteiger partial charge in [-0.05, 0) is 31.0 Å². The van der Waals surface area contributed by atoms with E-state index in [2.05, 4.69) is 36.4 Å². The van der Waals surface area contributed by atoms with Crippen molar-refractivity contribution >= 4 is 21.6 Å². The molecule has 3 nitrogen and oxygen atoms in total. The highest BCUT2D eigenvalue weighted by Gasteiger charge is 2.30. The molecule has 0 saturated carbocycles. The number of fused-ring (bicyclic) bond motifs is 1. The van der Waals surface area contributed by atoms with Crippen LogP contribution in [0.4, 0.5) is 0 Å². The smallest absolute Gasteiger partial charge is 0.151 e. The third kappa shape index (κ3) is 2.93. The van der Waals surface area contributed by atoms with E-state index in [0.717, 1.165) is 29.7 Å². The molecule has 2 aromatic carbocycles. The van der Waals surface area contributed by atoms with Gasteiger partial charge in [0, 0.05) is 12.0 Å². The number of nitrogens with zero attached hydrogens (tertiary/aromatic N) is 2. The van der Waals surface area contributed by atoms with Gasteiger partial charge in [0.1, 0.15) is 12.6 Å². The first-order valence-corrected chi connectivity index (χ1v) is 9.35. The number of aromatic nitrogens is 1. The molecule has 1 saturated heterocycles. The van der Waals surface area contributed by atoms with Crippen LogP contribution in [0.5, 0.6) is 0 Å². The maximum atomic E-state index is 9.36. The number of nitriles is 1. The molecule has 2 heterocycles. The van der Waals surface area contributed by atoms with Crippen molar-refractivity contribution in [2.24, 2.45) is 0 Å². The average molecular weight is 334 g/mol. The van der Waals surface area contributed by atoms with Gasteiger partial charge in [0.25, 0.3) is 0 Å². The minimum atomic E-state index is 0.447. The lowest BCUT2D eigenvalue weighted by Crippen LogP contribution is -3.11. The number of likely N-dealkylation sites (tertiary alicyclic amines) is 1. The zero-order valence-electron chi connectivity index (χ0n) is 13.5. The average Bonchev–Trinajstić information content (AvgIpc) is 3.06. The summed E-state index contributed by atoms with van der Waals surface area (Å²) in [5.74, 6) is 0. The van der Waals surface area contributed by atoms with Crippen molar-refractivity contribution in [1.29, 1.82) is 5.26 Å². The van der Waals surface area contributed by atoms with Gasteiger partial charge in [0.15, 0.2) is 5.01 Å². The molecule has 0 spiro atoms. The van der Waals surface area contributed by atoms with Crippen LogP contribution in [-0.4, -0.2) is 11.5 Å². The minimum Gasteiger partial charge on any atom is -0.323 e.